The molecular weight excluding hydrogens is 272 g/mol. The molecule has 2 aromatic carbocycles. The van der Waals surface area contributed by atoms with E-state index in [4.69, 9.17) is 4.74 Å². The van der Waals surface area contributed by atoms with E-state index in [2.05, 4.69) is 9.79 Å². The molecule has 6 nitrogen and oxygen atoms in total. The van der Waals surface area contributed by atoms with Crippen LogP contribution in [0.4, 0.5) is 0 Å². The number of ether oxygens (including phenoxy) is 1. The molecule has 104 valence electrons. The van der Waals surface area contributed by atoms with Crippen molar-refractivity contribution >= 4 is 6.29 Å². The summed E-state index contributed by atoms with van der Waals surface area (Å²) in [6, 6.07) is 15.4. The van der Waals surface area contributed by atoms with Crippen LogP contribution in [-0.4, -0.2) is 11.4 Å². The van der Waals surface area contributed by atoms with E-state index in [1.165, 1.54) is 0 Å². The number of hydrogen-bond donors (Lipinski definition) is 0. The molecule has 0 atom stereocenters. The van der Waals surface area contributed by atoms with Gasteiger partial charge in [-0.25, -0.2) is 0 Å². The van der Waals surface area contributed by atoms with Crippen LogP contribution in [0.5, 0.6) is 11.6 Å². The number of carbonyl (C=O) groups is 1. The third-order valence-electron chi connectivity index (χ3n) is 2.86. The SMILES string of the molecule is O=Cc1ccc(Oc2no[n+]([O-])c2-c2ccccc2)cc1. The fraction of sp³-hybridized carbons (Fsp3) is 0. The number of aldehydes is 1. The van der Waals surface area contributed by atoms with Crippen LogP contribution in [0.1, 0.15) is 10.4 Å². The van der Waals surface area contributed by atoms with Gasteiger partial charge in [0.15, 0.2) is 0 Å². The number of hydrogen-bond acceptors (Lipinski definition) is 5. The summed E-state index contributed by atoms with van der Waals surface area (Å²) in [5.74, 6) is 0.515. The second-order valence-electron chi connectivity index (χ2n) is 4.24. The van der Waals surface area contributed by atoms with Gasteiger partial charge in [0.25, 0.3) is 5.69 Å². The molecule has 3 aromatic rings. The molecule has 0 aliphatic rings. The summed E-state index contributed by atoms with van der Waals surface area (Å²) in [5.41, 5.74) is 1.35. The Kier molecular flexibility index (Phi) is 3.34. The Hall–Kier alpha value is -3.15. The van der Waals surface area contributed by atoms with Gasteiger partial charge in [0.05, 0.1) is 5.16 Å². The molecule has 0 amide bonds. The van der Waals surface area contributed by atoms with E-state index in [-0.39, 0.29) is 11.6 Å². The smallest absolute Gasteiger partial charge is 0.408 e. The zero-order valence-corrected chi connectivity index (χ0v) is 10.8. The average molecular weight is 282 g/mol. The fourth-order valence-electron chi connectivity index (χ4n) is 1.85. The van der Waals surface area contributed by atoms with E-state index in [9.17, 15) is 10.0 Å². The Morgan fingerprint density at radius 2 is 1.81 bits per heavy atom. The highest BCUT2D eigenvalue weighted by Gasteiger charge is 2.23. The van der Waals surface area contributed by atoms with Crippen molar-refractivity contribution < 1.29 is 19.1 Å². The van der Waals surface area contributed by atoms with Gasteiger partial charge in [-0.3, -0.25) is 9.42 Å². The van der Waals surface area contributed by atoms with Gasteiger partial charge in [-0.1, -0.05) is 30.3 Å². The van der Waals surface area contributed by atoms with E-state index in [1.54, 1.807) is 48.5 Å². The van der Waals surface area contributed by atoms with Gasteiger partial charge in [0.2, 0.25) is 0 Å². The lowest BCUT2D eigenvalue weighted by atomic mass is 10.2. The standard InChI is InChI=1S/C15H10N2O4/c18-10-11-6-8-13(9-7-11)20-15-14(17(19)21-16-15)12-4-2-1-3-5-12/h1-10H. The maximum Gasteiger partial charge on any atom is 0.408 e. The Morgan fingerprint density at radius 1 is 1.10 bits per heavy atom. The first kappa shape index (κ1) is 12.9. The monoisotopic (exact) mass is 282 g/mol. The van der Waals surface area contributed by atoms with Gasteiger partial charge >= 0.3 is 5.88 Å². The highest BCUT2D eigenvalue weighted by atomic mass is 16.8. The molecule has 0 fully saturated rings. The van der Waals surface area contributed by atoms with Crippen molar-refractivity contribution in [2.75, 3.05) is 0 Å². The molecular formula is C15H10N2O4. The molecule has 3 rings (SSSR count). The van der Waals surface area contributed by atoms with Crippen LogP contribution in [-0.2, 0) is 0 Å². The van der Waals surface area contributed by atoms with Crippen LogP contribution < -0.4 is 9.64 Å². The van der Waals surface area contributed by atoms with E-state index >= 15 is 0 Å². The topological polar surface area (TPSA) is 79.3 Å². The fourth-order valence-corrected chi connectivity index (χ4v) is 1.85. The maximum absolute atomic E-state index is 11.7. The molecule has 0 aliphatic carbocycles. The van der Waals surface area contributed by atoms with Gasteiger partial charge in [0.1, 0.15) is 12.0 Å². The lowest BCUT2D eigenvalue weighted by Gasteiger charge is -2.01. The van der Waals surface area contributed by atoms with E-state index in [0.717, 1.165) is 6.29 Å². The summed E-state index contributed by atoms with van der Waals surface area (Å²) in [7, 11) is 0. The van der Waals surface area contributed by atoms with Crippen LogP contribution in [0, 0.1) is 5.21 Å². The third kappa shape index (κ3) is 2.59. The summed E-state index contributed by atoms with van der Waals surface area (Å²) in [5, 5.41) is 15.3. The van der Waals surface area contributed by atoms with Gasteiger partial charge < -0.3 is 9.94 Å². The minimum Gasteiger partial charge on any atom is -0.416 e. The number of benzene rings is 2. The third-order valence-corrected chi connectivity index (χ3v) is 2.86. The second-order valence-corrected chi connectivity index (χ2v) is 4.24. The predicted octanol–water partition coefficient (Wildman–Crippen LogP) is 2.58. The largest absolute Gasteiger partial charge is 0.416 e. The van der Waals surface area contributed by atoms with Crippen molar-refractivity contribution in [1.29, 1.82) is 0 Å². The Bertz CT molecular complexity index is 751. The molecule has 1 heterocycles. The molecule has 0 radical (unpaired) electrons. The van der Waals surface area contributed by atoms with Gasteiger partial charge in [-0.15, -0.1) is 0 Å². The Balaban J connectivity index is 1.94. The van der Waals surface area contributed by atoms with E-state index < -0.39 is 0 Å². The van der Waals surface area contributed by atoms with Crippen molar-refractivity contribution in [3.05, 3.63) is 65.4 Å². The van der Waals surface area contributed by atoms with Crippen molar-refractivity contribution in [2.45, 2.75) is 0 Å². The Morgan fingerprint density at radius 3 is 2.48 bits per heavy atom. The first-order valence-electron chi connectivity index (χ1n) is 6.16. The zero-order valence-electron chi connectivity index (χ0n) is 10.8. The minimum atomic E-state index is 0.0649. The van der Waals surface area contributed by atoms with Crippen molar-refractivity contribution in [3.63, 3.8) is 0 Å². The summed E-state index contributed by atoms with van der Waals surface area (Å²) in [6.45, 7) is 0. The summed E-state index contributed by atoms with van der Waals surface area (Å²) >= 11 is 0. The van der Waals surface area contributed by atoms with Crippen LogP contribution in [0.2, 0.25) is 0 Å². The normalized spacial score (nSPS) is 10.3. The lowest BCUT2D eigenvalue weighted by Crippen LogP contribution is -2.25. The van der Waals surface area contributed by atoms with Crippen LogP contribution in [0.25, 0.3) is 11.3 Å². The summed E-state index contributed by atoms with van der Waals surface area (Å²) in [4.78, 5) is 10.9. The highest BCUT2D eigenvalue weighted by Crippen LogP contribution is 2.28. The maximum atomic E-state index is 11.7. The molecule has 0 saturated carbocycles. The molecule has 0 N–H and O–H groups in total. The van der Waals surface area contributed by atoms with E-state index in [0.29, 0.717) is 21.8 Å². The van der Waals surface area contributed by atoms with Gasteiger partial charge in [-0.2, -0.15) is 0 Å². The molecule has 0 saturated heterocycles. The summed E-state index contributed by atoms with van der Waals surface area (Å²) < 4.78 is 10.1. The lowest BCUT2D eigenvalue weighted by molar-refractivity contribution is -0.793. The quantitative estimate of drug-likeness (QED) is 0.542. The first-order chi connectivity index (χ1) is 10.3. The van der Waals surface area contributed by atoms with Gasteiger partial charge in [0, 0.05) is 11.1 Å². The zero-order chi connectivity index (χ0) is 14.7. The molecule has 21 heavy (non-hydrogen) atoms. The van der Waals surface area contributed by atoms with Crippen molar-refractivity contribution in [2.24, 2.45) is 0 Å². The summed E-state index contributed by atoms with van der Waals surface area (Å²) in [6.07, 6.45) is 0.737. The number of aromatic nitrogens is 2. The second kappa shape index (κ2) is 5.46. The molecule has 0 aliphatic heterocycles. The molecule has 0 spiro atoms. The molecule has 6 heteroatoms. The first-order valence-corrected chi connectivity index (χ1v) is 6.16. The number of carbonyl (C=O) groups excluding carboxylic acids is 1. The van der Waals surface area contributed by atoms with Crippen LogP contribution in [0.3, 0.4) is 0 Å². The van der Waals surface area contributed by atoms with E-state index in [1.807, 2.05) is 6.07 Å². The van der Waals surface area contributed by atoms with Crippen LogP contribution in [0.15, 0.2) is 59.2 Å². The number of nitrogens with zero attached hydrogens (tertiary/aromatic N) is 2. The van der Waals surface area contributed by atoms with Crippen LogP contribution >= 0.6 is 0 Å². The number of rotatable bonds is 4. The predicted molar refractivity (Wildman–Crippen MR) is 72.8 cm³/mol. The highest BCUT2D eigenvalue weighted by molar-refractivity contribution is 5.74. The Labute approximate surface area is 119 Å². The molecule has 1 aromatic heterocycles. The van der Waals surface area contributed by atoms with Crippen molar-refractivity contribution in [3.8, 4) is 22.9 Å². The van der Waals surface area contributed by atoms with Gasteiger partial charge in [-0.05, 0) is 29.2 Å². The molecule has 0 bridgehead atoms. The van der Waals surface area contributed by atoms with Crippen molar-refractivity contribution in [1.82, 2.24) is 5.16 Å². The minimum absolute atomic E-state index is 0.0649. The molecule has 0 unspecified atom stereocenters. The average Bonchev–Trinajstić information content (AvgIpc) is 2.89.